The number of benzene rings is 4. The molecule has 254 valence electrons. The van der Waals surface area contributed by atoms with Crippen LogP contribution in [0.25, 0.3) is 0 Å². The van der Waals surface area contributed by atoms with Gasteiger partial charge in [0.25, 0.3) is 5.91 Å². The first kappa shape index (κ1) is 35.9. The Kier molecular flexibility index (Phi) is 13.9. The molecule has 0 radical (unpaired) electrons. The Morgan fingerprint density at radius 1 is 0.673 bits per heavy atom. The van der Waals surface area contributed by atoms with Gasteiger partial charge in [0.05, 0.1) is 13.0 Å². The van der Waals surface area contributed by atoms with E-state index >= 15 is 0 Å². The largest absolute Gasteiger partial charge is 0.497 e. The molecule has 0 aliphatic rings. The molecule has 4 aromatic carbocycles. The second-order valence-electron chi connectivity index (χ2n) is 11.2. The summed E-state index contributed by atoms with van der Waals surface area (Å²) in [6.45, 7) is 0.157. The van der Waals surface area contributed by atoms with E-state index in [0.717, 1.165) is 16.7 Å². The second kappa shape index (κ2) is 19.0. The molecule has 0 fully saturated rings. The van der Waals surface area contributed by atoms with Crippen molar-refractivity contribution in [2.45, 2.75) is 38.0 Å². The number of ether oxygens (including phenoxy) is 2. The van der Waals surface area contributed by atoms with Gasteiger partial charge in [0.15, 0.2) is 0 Å². The van der Waals surface area contributed by atoms with Gasteiger partial charge in [0, 0.05) is 32.5 Å². The van der Waals surface area contributed by atoms with Gasteiger partial charge >= 0.3 is 6.09 Å². The lowest BCUT2D eigenvalue weighted by atomic mass is 9.95. The molecule has 49 heavy (non-hydrogen) atoms. The summed E-state index contributed by atoms with van der Waals surface area (Å²) in [6, 6.07) is 33.0. The number of alkyl carbamates (subject to hydrolysis) is 1. The van der Waals surface area contributed by atoms with Crippen molar-refractivity contribution in [1.82, 2.24) is 21.3 Å². The van der Waals surface area contributed by atoms with Crippen LogP contribution in [0.3, 0.4) is 0 Å². The molecule has 0 aliphatic carbocycles. The van der Waals surface area contributed by atoms with Crippen LogP contribution in [0.2, 0.25) is 0 Å². The third-order valence-electron chi connectivity index (χ3n) is 7.61. The van der Waals surface area contributed by atoms with Crippen LogP contribution in [0.15, 0.2) is 115 Å². The number of rotatable bonds is 17. The number of amides is 4. The first-order valence-electron chi connectivity index (χ1n) is 15.9. The van der Waals surface area contributed by atoms with E-state index in [0.29, 0.717) is 11.3 Å². The van der Waals surface area contributed by atoms with Crippen LogP contribution in [0.4, 0.5) is 4.79 Å². The number of ketones is 1. The minimum Gasteiger partial charge on any atom is -0.497 e. The summed E-state index contributed by atoms with van der Waals surface area (Å²) in [5, 5.41) is 10.7. The fraction of sp³-hybridized carbons (Fsp3) is 0.237. The van der Waals surface area contributed by atoms with Crippen LogP contribution in [0.5, 0.6) is 5.75 Å². The molecule has 0 saturated heterocycles. The summed E-state index contributed by atoms with van der Waals surface area (Å²) < 4.78 is 10.4. The Bertz CT molecular complexity index is 1670. The van der Waals surface area contributed by atoms with Crippen LogP contribution < -0.4 is 26.0 Å². The van der Waals surface area contributed by atoms with Crippen LogP contribution >= 0.6 is 0 Å². The van der Waals surface area contributed by atoms with Crippen molar-refractivity contribution in [2.24, 2.45) is 0 Å². The van der Waals surface area contributed by atoms with E-state index in [9.17, 15) is 24.0 Å². The van der Waals surface area contributed by atoms with E-state index in [1.54, 1.807) is 36.4 Å². The Labute approximate surface area is 285 Å². The zero-order valence-electron chi connectivity index (χ0n) is 27.2. The van der Waals surface area contributed by atoms with E-state index in [4.69, 9.17) is 9.47 Å². The molecule has 0 aromatic heterocycles. The fourth-order valence-corrected chi connectivity index (χ4v) is 4.91. The van der Waals surface area contributed by atoms with Crippen molar-refractivity contribution in [3.63, 3.8) is 0 Å². The van der Waals surface area contributed by atoms with Gasteiger partial charge in [-0.3, -0.25) is 19.2 Å². The highest BCUT2D eigenvalue weighted by atomic mass is 16.5. The van der Waals surface area contributed by atoms with Gasteiger partial charge in [0.2, 0.25) is 17.6 Å². The molecule has 0 heterocycles. The van der Waals surface area contributed by atoms with Crippen molar-refractivity contribution in [2.75, 3.05) is 20.2 Å². The predicted octanol–water partition coefficient (Wildman–Crippen LogP) is 3.82. The number of hydrogen-bond acceptors (Lipinski definition) is 7. The molecule has 0 spiro atoms. The molecule has 0 unspecified atom stereocenters. The van der Waals surface area contributed by atoms with Crippen LogP contribution in [0, 0.1) is 0 Å². The standard InChI is InChI=1S/C38H40N4O7/c1-48-31-19-17-30(18-20-31)32(25-40-34(43)21-22-39-38(47)49-26-29-15-9-4-10-16-29)36(45)42-33(23-27-11-5-2-6-12-27)35(44)37(46)41-24-28-13-7-3-8-14-28/h2-20,32-33H,21-26H2,1H3,(H,39,47)(H,40,43)(H,41,46)(H,42,45)/t32-,33-/m0/s1. The third kappa shape index (κ3) is 12.0. The minimum atomic E-state index is -1.17. The lowest BCUT2D eigenvalue weighted by Crippen LogP contribution is -2.50. The lowest BCUT2D eigenvalue weighted by Gasteiger charge is -2.23. The quantitative estimate of drug-likeness (QED) is 0.125. The van der Waals surface area contributed by atoms with Gasteiger partial charge in [-0.2, -0.15) is 0 Å². The molecular formula is C38H40N4O7. The molecule has 0 aliphatic heterocycles. The molecule has 0 bridgehead atoms. The molecule has 4 aromatic rings. The van der Waals surface area contributed by atoms with Crippen molar-refractivity contribution < 1.29 is 33.4 Å². The SMILES string of the molecule is COc1ccc([C@H](CNC(=O)CCNC(=O)OCc2ccccc2)C(=O)N[C@@H](Cc2ccccc2)C(=O)C(=O)NCc2ccccc2)cc1. The average Bonchev–Trinajstić information content (AvgIpc) is 3.14. The molecule has 4 amide bonds. The first-order chi connectivity index (χ1) is 23.8. The normalized spacial score (nSPS) is 11.7. The van der Waals surface area contributed by atoms with Crippen LogP contribution in [0.1, 0.15) is 34.6 Å². The first-order valence-corrected chi connectivity index (χ1v) is 15.9. The van der Waals surface area contributed by atoms with E-state index in [2.05, 4.69) is 21.3 Å². The van der Waals surface area contributed by atoms with Gasteiger partial charge in [-0.05, 0) is 34.4 Å². The molecule has 11 heteroatoms. The van der Waals surface area contributed by atoms with Crippen molar-refractivity contribution in [3.05, 3.63) is 138 Å². The second-order valence-corrected chi connectivity index (χ2v) is 11.2. The third-order valence-corrected chi connectivity index (χ3v) is 7.61. The molecule has 4 N–H and O–H groups in total. The summed E-state index contributed by atoms with van der Waals surface area (Å²) in [7, 11) is 1.52. The summed E-state index contributed by atoms with van der Waals surface area (Å²) >= 11 is 0. The Balaban J connectivity index is 1.40. The monoisotopic (exact) mass is 664 g/mol. The molecule has 4 rings (SSSR count). The Hall–Kier alpha value is -5.97. The number of nitrogens with one attached hydrogen (secondary N) is 4. The zero-order valence-corrected chi connectivity index (χ0v) is 27.2. The number of hydrogen-bond donors (Lipinski definition) is 4. The number of carbonyl (C=O) groups is 5. The summed E-state index contributed by atoms with van der Waals surface area (Å²) in [5.74, 6) is -2.93. The summed E-state index contributed by atoms with van der Waals surface area (Å²) in [5.41, 5.74) is 2.96. The van der Waals surface area contributed by atoms with Gasteiger partial charge in [-0.15, -0.1) is 0 Å². The fourth-order valence-electron chi connectivity index (χ4n) is 4.91. The molecule has 2 atom stereocenters. The number of carbonyl (C=O) groups excluding carboxylic acids is 5. The van der Waals surface area contributed by atoms with Crippen molar-refractivity contribution >= 4 is 29.6 Å². The lowest BCUT2D eigenvalue weighted by molar-refractivity contribution is -0.140. The molecule has 11 nitrogen and oxygen atoms in total. The molecule has 0 saturated carbocycles. The maximum absolute atomic E-state index is 13.9. The number of methoxy groups -OCH3 is 1. The highest BCUT2D eigenvalue weighted by molar-refractivity contribution is 6.38. The van der Waals surface area contributed by atoms with E-state index < -0.39 is 41.6 Å². The van der Waals surface area contributed by atoms with Gasteiger partial charge < -0.3 is 30.7 Å². The predicted molar refractivity (Wildman–Crippen MR) is 183 cm³/mol. The van der Waals surface area contributed by atoms with E-state index in [-0.39, 0.29) is 39.1 Å². The van der Waals surface area contributed by atoms with Crippen molar-refractivity contribution in [3.8, 4) is 5.75 Å². The minimum absolute atomic E-state index is 0.0185. The maximum Gasteiger partial charge on any atom is 0.407 e. The highest BCUT2D eigenvalue weighted by Crippen LogP contribution is 2.20. The Morgan fingerprint density at radius 2 is 1.27 bits per heavy atom. The van der Waals surface area contributed by atoms with Crippen molar-refractivity contribution in [1.29, 1.82) is 0 Å². The van der Waals surface area contributed by atoms with Gasteiger partial charge in [-0.1, -0.05) is 103 Å². The van der Waals surface area contributed by atoms with Crippen LogP contribution in [-0.4, -0.2) is 55.8 Å². The summed E-state index contributed by atoms with van der Waals surface area (Å²) in [4.78, 5) is 65.1. The Morgan fingerprint density at radius 3 is 1.88 bits per heavy atom. The smallest absolute Gasteiger partial charge is 0.407 e. The average molecular weight is 665 g/mol. The van der Waals surface area contributed by atoms with E-state index in [1.165, 1.54) is 7.11 Å². The maximum atomic E-state index is 13.9. The summed E-state index contributed by atoms with van der Waals surface area (Å²) in [6.07, 6.45) is -0.638. The van der Waals surface area contributed by atoms with E-state index in [1.807, 2.05) is 78.9 Å². The topological polar surface area (TPSA) is 152 Å². The van der Waals surface area contributed by atoms with Crippen LogP contribution in [-0.2, 0) is 43.5 Å². The zero-order chi connectivity index (χ0) is 34.8. The van der Waals surface area contributed by atoms with Gasteiger partial charge in [-0.25, -0.2) is 4.79 Å². The van der Waals surface area contributed by atoms with Gasteiger partial charge in [0.1, 0.15) is 18.4 Å². The number of Topliss-reactive ketones (excluding diaryl/α,β-unsaturated/α-hetero) is 1. The highest BCUT2D eigenvalue weighted by Gasteiger charge is 2.31. The molecular weight excluding hydrogens is 624 g/mol.